The molecule has 1 aliphatic rings. The highest BCUT2D eigenvalue weighted by molar-refractivity contribution is 6.65. The summed E-state index contributed by atoms with van der Waals surface area (Å²) in [5.74, 6) is 0.613. The Labute approximate surface area is 94.1 Å². The lowest BCUT2D eigenvalue weighted by molar-refractivity contribution is 0.275. The highest BCUT2D eigenvalue weighted by atomic mass is 35.5. The third-order valence-corrected chi connectivity index (χ3v) is 2.73. The average molecular weight is 226 g/mol. The number of rotatable bonds is 3. The van der Waals surface area contributed by atoms with Crippen LogP contribution in [0.15, 0.2) is 12.1 Å². The molecule has 0 bridgehead atoms. The Morgan fingerprint density at radius 3 is 3.13 bits per heavy atom. The molecule has 1 aliphatic heterocycles. The van der Waals surface area contributed by atoms with E-state index in [0.29, 0.717) is 29.4 Å². The van der Waals surface area contributed by atoms with Gasteiger partial charge in [0, 0.05) is 5.46 Å². The lowest BCUT2D eigenvalue weighted by Crippen LogP contribution is -2.29. The minimum atomic E-state index is -0.919. The monoisotopic (exact) mass is 226 g/mol. The van der Waals surface area contributed by atoms with Crippen LogP contribution >= 0.6 is 11.6 Å². The van der Waals surface area contributed by atoms with Crippen molar-refractivity contribution in [2.45, 2.75) is 20.0 Å². The Kier molecular flexibility index (Phi) is 3.19. The number of halogens is 1. The van der Waals surface area contributed by atoms with Crippen LogP contribution in [-0.4, -0.2) is 18.7 Å². The van der Waals surface area contributed by atoms with Crippen molar-refractivity contribution in [2.24, 2.45) is 0 Å². The molecule has 2 rings (SSSR count). The summed E-state index contributed by atoms with van der Waals surface area (Å²) in [4.78, 5) is 0. The summed E-state index contributed by atoms with van der Waals surface area (Å²) in [5, 5.41) is 10.0. The van der Waals surface area contributed by atoms with E-state index in [9.17, 15) is 5.02 Å². The van der Waals surface area contributed by atoms with Crippen LogP contribution in [0.1, 0.15) is 18.9 Å². The molecule has 0 saturated carbocycles. The fourth-order valence-corrected chi connectivity index (χ4v) is 1.91. The minimum absolute atomic E-state index is 0.407. The average Bonchev–Trinajstić information content (AvgIpc) is 2.60. The van der Waals surface area contributed by atoms with Gasteiger partial charge in [-0.3, -0.25) is 0 Å². The lowest BCUT2D eigenvalue weighted by atomic mass is 9.79. The quantitative estimate of drug-likeness (QED) is 0.791. The fraction of sp³-hybridized carbons (Fsp3) is 0.400. The molecule has 15 heavy (non-hydrogen) atoms. The molecule has 5 heteroatoms. The number of hydrogen-bond donors (Lipinski definition) is 1. The Morgan fingerprint density at radius 1 is 1.60 bits per heavy atom. The van der Waals surface area contributed by atoms with E-state index in [1.165, 1.54) is 0 Å². The molecule has 0 atom stereocenters. The highest BCUT2D eigenvalue weighted by Crippen LogP contribution is 2.27. The van der Waals surface area contributed by atoms with E-state index < -0.39 is 7.12 Å². The maximum Gasteiger partial charge on any atom is 0.493 e. The van der Waals surface area contributed by atoms with E-state index in [1.54, 1.807) is 0 Å². The summed E-state index contributed by atoms with van der Waals surface area (Å²) in [7, 11) is -0.919. The van der Waals surface area contributed by atoms with Crippen molar-refractivity contribution in [3.63, 3.8) is 0 Å². The maximum atomic E-state index is 9.55. The van der Waals surface area contributed by atoms with Gasteiger partial charge in [0.25, 0.3) is 0 Å². The molecule has 0 aromatic heterocycles. The van der Waals surface area contributed by atoms with Crippen molar-refractivity contribution < 1.29 is 14.4 Å². The smallest absolute Gasteiger partial charge is 0.492 e. The number of benzene rings is 1. The van der Waals surface area contributed by atoms with Crippen molar-refractivity contribution in [3.8, 4) is 5.75 Å². The van der Waals surface area contributed by atoms with Crippen LogP contribution in [0.25, 0.3) is 0 Å². The largest absolute Gasteiger partial charge is 0.493 e. The third-order valence-electron chi connectivity index (χ3n) is 2.34. The second kappa shape index (κ2) is 4.43. The van der Waals surface area contributed by atoms with Crippen LogP contribution < -0.4 is 10.2 Å². The molecule has 0 saturated heterocycles. The molecule has 1 aromatic rings. The lowest BCUT2D eigenvalue weighted by Gasteiger charge is -2.09. The van der Waals surface area contributed by atoms with Gasteiger partial charge in [-0.1, -0.05) is 24.6 Å². The Morgan fingerprint density at radius 2 is 2.40 bits per heavy atom. The van der Waals surface area contributed by atoms with Gasteiger partial charge >= 0.3 is 7.12 Å². The summed E-state index contributed by atoms with van der Waals surface area (Å²) < 4.78 is 10.5. The summed E-state index contributed by atoms with van der Waals surface area (Å²) in [6.07, 6.45) is 0.923. The van der Waals surface area contributed by atoms with Crippen LogP contribution in [0.3, 0.4) is 0 Å². The molecule has 3 nitrogen and oxygen atoms in total. The number of ether oxygens (including phenoxy) is 1. The maximum absolute atomic E-state index is 9.55. The van der Waals surface area contributed by atoms with Crippen molar-refractivity contribution in [1.29, 1.82) is 0 Å². The van der Waals surface area contributed by atoms with Gasteiger partial charge in [0.2, 0.25) is 0 Å². The van der Waals surface area contributed by atoms with Crippen LogP contribution in [-0.2, 0) is 11.3 Å². The van der Waals surface area contributed by atoms with Gasteiger partial charge in [0.05, 0.1) is 18.2 Å². The Balaban J connectivity index is 2.31. The van der Waals surface area contributed by atoms with E-state index >= 15 is 0 Å². The molecule has 1 heterocycles. The first-order chi connectivity index (χ1) is 7.24. The van der Waals surface area contributed by atoms with Gasteiger partial charge in [0.15, 0.2) is 0 Å². The van der Waals surface area contributed by atoms with Crippen LogP contribution in [0.2, 0.25) is 5.02 Å². The molecule has 80 valence electrons. The molecule has 0 radical (unpaired) electrons. The molecule has 0 aliphatic carbocycles. The van der Waals surface area contributed by atoms with Crippen molar-refractivity contribution in [2.75, 3.05) is 6.61 Å². The van der Waals surface area contributed by atoms with Crippen molar-refractivity contribution in [1.82, 2.24) is 0 Å². The molecule has 0 amide bonds. The van der Waals surface area contributed by atoms with Crippen LogP contribution in [0.4, 0.5) is 0 Å². The van der Waals surface area contributed by atoms with Gasteiger partial charge in [-0.15, -0.1) is 0 Å². The first kappa shape index (κ1) is 10.8. The summed E-state index contributed by atoms with van der Waals surface area (Å²) in [6, 6.07) is 3.70. The second-order valence-corrected chi connectivity index (χ2v) is 3.84. The van der Waals surface area contributed by atoms with E-state index in [1.807, 2.05) is 19.1 Å². The normalized spacial score (nSPS) is 14.2. The SMILES string of the molecule is CCCOc1ccc2c(c1Cl)B(O)OC2. The molecular formula is C10H12BClO3. The zero-order valence-corrected chi connectivity index (χ0v) is 9.25. The van der Waals surface area contributed by atoms with Gasteiger partial charge in [-0.25, -0.2) is 0 Å². The first-order valence-corrected chi connectivity index (χ1v) is 5.35. The predicted molar refractivity (Wildman–Crippen MR) is 59.6 cm³/mol. The molecule has 0 unspecified atom stereocenters. The first-order valence-electron chi connectivity index (χ1n) is 4.97. The zero-order chi connectivity index (χ0) is 10.8. The van der Waals surface area contributed by atoms with Crippen LogP contribution in [0.5, 0.6) is 5.75 Å². The summed E-state index contributed by atoms with van der Waals surface area (Å²) in [5.41, 5.74) is 1.57. The van der Waals surface area contributed by atoms with E-state index in [4.69, 9.17) is 21.0 Å². The molecule has 1 N–H and O–H groups in total. The summed E-state index contributed by atoms with van der Waals surface area (Å²) >= 11 is 6.12. The van der Waals surface area contributed by atoms with Gasteiger partial charge < -0.3 is 14.4 Å². The second-order valence-electron chi connectivity index (χ2n) is 3.46. The highest BCUT2D eigenvalue weighted by Gasteiger charge is 2.31. The minimum Gasteiger partial charge on any atom is -0.492 e. The fourth-order valence-electron chi connectivity index (χ4n) is 1.58. The molecule has 1 aromatic carbocycles. The summed E-state index contributed by atoms with van der Waals surface area (Å²) in [6.45, 7) is 3.05. The molecular weight excluding hydrogens is 214 g/mol. The van der Waals surface area contributed by atoms with Gasteiger partial charge in [-0.05, 0) is 18.1 Å². The van der Waals surface area contributed by atoms with E-state index in [0.717, 1.165) is 12.0 Å². The van der Waals surface area contributed by atoms with Gasteiger partial charge in [-0.2, -0.15) is 0 Å². The molecule has 0 spiro atoms. The molecule has 0 fully saturated rings. The third kappa shape index (κ3) is 1.98. The van der Waals surface area contributed by atoms with Gasteiger partial charge in [0.1, 0.15) is 5.75 Å². The number of hydrogen-bond acceptors (Lipinski definition) is 3. The Bertz CT molecular complexity index is 370. The van der Waals surface area contributed by atoms with Crippen molar-refractivity contribution in [3.05, 3.63) is 22.7 Å². The standard InChI is InChI=1S/C10H12BClO3/c1-2-5-14-8-4-3-7-6-15-11(13)9(7)10(8)12/h3-4,13H,2,5-6H2,1H3. The zero-order valence-electron chi connectivity index (χ0n) is 8.50. The Hall–Kier alpha value is -0.705. The van der Waals surface area contributed by atoms with Crippen molar-refractivity contribution >= 4 is 24.2 Å². The predicted octanol–water partition coefficient (Wildman–Crippen LogP) is 1.35. The number of fused-ring (bicyclic) bond motifs is 1. The topological polar surface area (TPSA) is 38.7 Å². The van der Waals surface area contributed by atoms with E-state index in [-0.39, 0.29) is 0 Å². The van der Waals surface area contributed by atoms with Crippen LogP contribution in [0, 0.1) is 0 Å². The van der Waals surface area contributed by atoms with E-state index in [2.05, 4.69) is 0 Å².